The molecule has 96 valence electrons. The van der Waals surface area contributed by atoms with Crippen LogP contribution in [-0.2, 0) is 9.59 Å². The molecule has 1 heterocycles. The first-order chi connectivity index (χ1) is 8.03. The lowest BCUT2D eigenvalue weighted by Gasteiger charge is -2.36. The number of primary amides is 1. The quantitative estimate of drug-likeness (QED) is 0.709. The summed E-state index contributed by atoms with van der Waals surface area (Å²) in [7, 11) is 0. The molecular formula is C12H21N3O2. The van der Waals surface area contributed by atoms with Crippen LogP contribution >= 0.6 is 0 Å². The molecule has 2 fully saturated rings. The highest BCUT2D eigenvalue weighted by atomic mass is 16.2. The third kappa shape index (κ3) is 2.44. The van der Waals surface area contributed by atoms with Crippen LogP contribution in [0.25, 0.3) is 0 Å². The summed E-state index contributed by atoms with van der Waals surface area (Å²) >= 11 is 0. The van der Waals surface area contributed by atoms with Gasteiger partial charge < -0.3 is 16.4 Å². The molecule has 0 aromatic heterocycles. The zero-order chi connectivity index (χ0) is 12.5. The van der Waals surface area contributed by atoms with Crippen LogP contribution in [0.5, 0.6) is 0 Å². The maximum Gasteiger partial charge on any atom is 0.242 e. The van der Waals surface area contributed by atoms with Gasteiger partial charge in [-0.1, -0.05) is 12.8 Å². The van der Waals surface area contributed by atoms with Crippen molar-refractivity contribution in [2.75, 3.05) is 13.1 Å². The highest BCUT2D eigenvalue weighted by Crippen LogP contribution is 2.30. The highest BCUT2D eigenvalue weighted by Gasteiger charge is 2.41. The van der Waals surface area contributed by atoms with Crippen molar-refractivity contribution in [2.45, 2.75) is 44.1 Å². The minimum Gasteiger partial charge on any atom is -0.369 e. The number of rotatable bonds is 2. The van der Waals surface area contributed by atoms with Gasteiger partial charge in [0.1, 0.15) is 0 Å². The number of carbonyl (C=O) groups is 2. The van der Waals surface area contributed by atoms with Gasteiger partial charge in [-0.05, 0) is 25.7 Å². The number of nitrogens with two attached hydrogens (primary N) is 2. The maximum atomic E-state index is 12.3. The second kappa shape index (κ2) is 4.64. The summed E-state index contributed by atoms with van der Waals surface area (Å²) in [6.07, 6.45) is 5.21. The van der Waals surface area contributed by atoms with Crippen LogP contribution in [0.3, 0.4) is 0 Å². The van der Waals surface area contributed by atoms with E-state index in [1.54, 1.807) is 4.90 Å². The van der Waals surface area contributed by atoms with Gasteiger partial charge in [0.15, 0.2) is 0 Å². The zero-order valence-electron chi connectivity index (χ0n) is 10.2. The third-order valence-corrected chi connectivity index (χ3v) is 4.03. The van der Waals surface area contributed by atoms with Crippen molar-refractivity contribution in [1.29, 1.82) is 0 Å². The van der Waals surface area contributed by atoms with Crippen LogP contribution in [0.4, 0.5) is 0 Å². The molecule has 5 nitrogen and oxygen atoms in total. The van der Waals surface area contributed by atoms with E-state index in [0.29, 0.717) is 13.1 Å². The van der Waals surface area contributed by atoms with Crippen LogP contribution in [0, 0.1) is 5.92 Å². The van der Waals surface area contributed by atoms with Crippen LogP contribution in [0.2, 0.25) is 0 Å². The average molecular weight is 239 g/mol. The van der Waals surface area contributed by atoms with Crippen LogP contribution in [-0.4, -0.2) is 35.3 Å². The summed E-state index contributed by atoms with van der Waals surface area (Å²) in [6.45, 7) is 1.16. The van der Waals surface area contributed by atoms with E-state index in [9.17, 15) is 9.59 Å². The summed E-state index contributed by atoms with van der Waals surface area (Å²) in [5.74, 6) is -0.487. The Hall–Kier alpha value is -1.10. The van der Waals surface area contributed by atoms with Gasteiger partial charge in [0.25, 0.3) is 0 Å². The van der Waals surface area contributed by atoms with Crippen molar-refractivity contribution >= 4 is 11.8 Å². The van der Waals surface area contributed by atoms with Crippen LogP contribution in [0.1, 0.15) is 38.5 Å². The first kappa shape index (κ1) is 12.4. The van der Waals surface area contributed by atoms with E-state index < -0.39 is 5.54 Å². The van der Waals surface area contributed by atoms with E-state index >= 15 is 0 Å². The van der Waals surface area contributed by atoms with Gasteiger partial charge in [0.05, 0.1) is 11.5 Å². The van der Waals surface area contributed by atoms with E-state index in [-0.39, 0.29) is 17.7 Å². The van der Waals surface area contributed by atoms with Crippen molar-refractivity contribution < 1.29 is 9.59 Å². The van der Waals surface area contributed by atoms with Crippen molar-refractivity contribution in [2.24, 2.45) is 17.4 Å². The maximum absolute atomic E-state index is 12.3. The molecule has 1 unspecified atom stereocenters. The van der Waals surface area contributed by atoms with Gasteiger partial charge in [-0.25, -0.2) is 0 Å². The number of nitrogens with zero attached hydrogens (tertiary/aromatic N) is 1. The van der Waals surface area contributed by atoms with Crippen LogP contribution < -0.4 is 11.5 Å². The van der Waals surface area contributed by atoms with Gasteiger partial charge in [0.2, 0.25) is 11.8 Å². The molecule has 2 rings (SSSR count). The van der Waals surface area contributed by atoms with Crippen LogP contribution in [0.15, 0.2) is 0 Å². The van der Waals surface area contributed by atoms with Gasteiger partial charge >= 0.3 is 0 Å². The molecule has 4 N–H and O–H groups in total. The Kier molecular flexibility index (Phi) is 3.38. The minimum absolute atomic E-state index is 0.0148. The molecule has 0 aromatic carbocycles. The molecule has 5 heteroatoms. The van der Waals surface area contributed by atoms with E-state index in [1.807, 2.05) is 0 Å². The SMILES string of the molecule is NC(=O)C1CCCN(C(=O)C2(N)CCCC2)C1. The predicted octanol–water partition coefficient (Wildman–Crippen LogP) is -0.0182. The molecule has 0 spiro atoms. The lowest BCUT2D eigenvalue weighted by atomic mass is 9.92. The third-order valence-electron chi connectivity index (χ3n) is 4.03. The summed E-state index contributed by atoms with van der Waals surface area (Å²) < 4.78 is 0. The van der Waals surface area contributed by atoms with E-state index in [1.165, 1.54) is 0 Å². The van der Waals surface area contributed by atoms with Crippen molar-refractivity contribution in [3.63, 3.8) is 0 Å². The first-order valence-corrected chi connectivity index (χ1v) is 6.40. The largest absolute Gasteiger partial charge is 0.369 e. The minimum atomic E-state index is -0.681. The smallest absolute Gasteiger partial charge is 0.242 e. The highest BCUT2D eigenvalue weighted by molar-refractivity contribution is 5.87. The van der Waals surface area contributed by atoms with Gasteiger partial charge in [-0.15, -0.1) is 0 Å². The molecule has 0 bridgehead atoms. The lowest BCUT2D eigenvalue weighted by Crippen LogP contribution is -2.56. The average Bonchev–Trinajstić information content (AvgIpc) is 2.76. The Labute approximate surface area is 102 Å². The van der Waals surface area contributed by atoms with E-state index in [4.69, 9.17) is 11.5 Å². The normalized spacial score (nSPS) is 28.1. The Balaban J connectivity index is 2.01. The second-order valence-electron chi connectivity index (χ2n) is 5.36. The number of hydrogen-bond acceptors (Lipinski definition) is 3. The number of likely N-dealkylation sites (tertiary alicyclic amines) is 1. The molecule has 1 saturated heterocycles. The Morgan fingerprint density at radius 1 is 1.18 bits per heavy atom. The van der Waals surface area contributed by atoms with Crippen molar-refractivity contribution in [1.82, 2.24) is 4.90 Å². The fourth-order valence-electron chi connectivity index (χ4n) is 2.93. The first-order valence-electron chi connectivity index (χ1n) is 6.40. The van der Waals surface area contributed by atoms with E-state index in [0.717, 1.165) is 38.5 Å². The van der Waals surface area contributed by atoms with Crippen molar-refractivity contribution in [3.8, 4) is 0 Å². The number of amides is 2. The van der Waals surface area contributed by atoms with Gasteiger partial charge in [-0.3, -0.25) is 9.59 Å². The van der Waals surface area contributed by atoms with Gasteiger partial charge in [0, 0.05) is 13.1 Å². The summed E-state index contributed by atoms with van der Waals surface area (Å²) in [5, 5.41) is 0. The molecule has 1 aliphatic carbocycles. The topological polar surface area (TPSA) is 89.4 Å². The molecule has 1 aliphatic heterocycles. The molecule has 2 aliphatic rings. The molecule has 0 aromatic rings. The number of carbonyl (C=O) groups excluding carboxylic acids is 2. The molecule has 2 amide bonds. The fraction of sp³-hybridized carbons (Fsp3) is 0.833. The Bertz CT molecular complexity index is 324. The Morgan fingerprint density at radius 3 is 2.41 bits per heavy atom. The molecular weight excluding hydrogens is 218 g/mol. The standard InChI is InChI=1S/C12H21N3O2/c13-10(16)9-4-3-7-15(8-9)11(17)12(14)5-1-2-6-12/h9H,1-8,14H2,(H2,13,16). The zero-order valence-corrected chi connectivity index (χ0v) is 10.2. The molecule has 1 atom stereocenters. The Morgan fingerprint density at radius 2 is 1.82 bits per heavy atom. The monoisotopic (exact) mass is 239 g/mol. The van der Waals surface area contributed by atoms with Crippen molar-refractivity contribution in [3.05, 3.63) is 0 Å². The molecule has 17 heavy (non-hydrogen) atoms. The lowest BCUT2D eigenvalue weighted by molar-refractivity contribution is -0.140. The second-order valence-corrected chi connectivity index (χ2v) is 5.36. The summed E-state index contributed by atoms with van der Waals surface area (Å²) in [5.41, 5.74) is 10.8. The molecule has 1 saturated carbocycles. The summed E-state index contributed by atoms with van der Waals surface area (Å²) in [4.78, 5) is 25.3. The predicted molar refractivity (Wildman–Crippen MR) is 63.9 cm³/mol. The van der Waals surface area contributed by atoms with Gasteiger partial charge in [-0.2, -0.15) is 0 Å². The fourth-order valence-corrected chi connectivity index (χ4v) is 2.93. The summed E-state index contributed by atoms with van der Waals surface area (Å²) in [6, 6.07) is 0. The number of hydrogen-bond donors (Lipinski definition) is 2. The van der Waals surface area contributed by atoms with E-state index in [2.05, 4.69) is 0 Å². The molecule has 0 radical (unpaired) electrons. The number of piperidine rings is 1.